The lowest BCUT2D eigenvalue weighted by molar-refractivity contribution is 0.555. The topological polar surface area (TPSA) is 90.9 Å². The average molecular weight is 356 g/mol. The third-order valence-corrected chi connectivity index (χ3v) is 4.34. The molecule has 0 fully saturated rings. The van der Waals surface area contributed by atoms with Gasteiger partial charge in [-0.2, -0.15) is 0 Å². The molecule has 0 aliphatic carbocycles. The first-order chi connectivity index (χ1) is 12.0. The van der Waals surface area contributed by atoms with Gasteiger partial charge in [0.25, 0.3) is 5.56 Å². The Morgan fingerprint density at radius 2 is 1.88 bits per heavy atom. The smallest absolute Gasteiger partial charge is 0.408 e. The Balaban J connectivity index is 1.70. The molecule has 0 saturated heterocycles. The van der Waals surface area contributed by atoms with E-state index in [2.05, 4.69) is 15.3 Å². The van der Waals surface area contributed by atoms with Crippen molar-refractivity contribution < 1.29 is 4.42 Å². The number of pyridine rings is 1. The summed E-state index contributed by atoms with van der Waals surface area (Å²) in [6.45, 7) is 1.89. The largest absolute Gasteiger partial charge is 0.417 e. The Morgan fingerprint density at radius 3 is 2.72 bits per heavy atom. The maximum Gasteiger partial charge on any atom is 0.417 e. The van der Waals surface area contributed by atoms with Crippen molar-refractivity contribution in [2.75, 3.05) is 5.32 Å². The van der Waals surface area contributed by atoms with Crippen LogP contribution < -0.4 is 16.6 Å². The van der Waals surface area contributed by atoms with E-state index in [9.17, 15) is 9.59 Å². The fraction of sp³-hybridized carbons (Fsp3) is 0.111. The van der Waals surface area contributed by atoms with E-state index in [1.807, 2.05) is 19.1 Å². The molecule has 2 aromatic carbocycles. The highest BCUT2D eigenvalue weighted by Gasteiger charge is 2.12. The number of H-pyrrole nitrogens is 2. The molecule has 4 rings (SSSR count). The van der Waals surface area contributed by atoms with Gasteiger partial charge in [0.15, 0.2) is 5.58 Å². The summed E-state index contributed by atoms with van der Waals surface area (Å²) in [5, 5.41) is 4.74. The SMILES string of the molecule is C[C@H](Nc1ccc2oc(=O)[nH]c2c1)c1cc2cc(Cl)ccc2[nH]c1=O. The van der Waals surface area contributed by atoms with Gasteiger partial charge in [-0.3, -0.25) is 9.78 Å². The number of aromatic nitrogens is 2. The van der Waals surface area contributed by atoms with Crippen LogP contribution in [0.25, 0.3) is 22.0 Å². The zero-order chi connectivity index (χ0) is 17.6. The molecule has 0 saturated carbocycles. The molecule has 2 aromatic heterocycles. The van der Waals surface area contributed by atoms with Gasteiger partial charge in [-0.15, -0.1) is 0 Å². The van der Waals surface area contributed by atoms with Crippen molar-refractivity contribution in [1.82, 2.24) is 9.97 Å². The number of rotatable bonds is 3. The minimum atomic E-state index is -0.497. The van der Waals surface area contributed by atoms with Gasteiger partial charge in [-0.1, -0.05) is 11.6 Å². The van der Waals surface area contributed by atoms with Crippen molar-refractivity contribution in [3.63, 3.8) is 0 Å². The summed E-state index contributed by atoms with van der Waals surface area (Å²) < 4.78 is 4.98. The normalized spacial score (nSPS) is 12.6. The average Bonchev–Trinajstić information content (AvgIpc) is 2.93. The number of hydrogen-bond donors (Lipinski definition) is 3. The summed E-state index contributed by atoms with van der Waals surface area (Å²) in [5.74, 6) is -0.497. The third kappa shape index (κ3) is 2.92. The molecule has 0 amide bonds. The maximum atomic E-state index is 12.4. The molecular weight excluding hydrogens is 342 g/mol. The van der Waals surface area contributed by atoms with Crippen molar-refractivity contribution in [1.29, 1.82) is 0 Å². The number of aromatic amines is 2. The summed E-state index contributed by atoms with van der Waals surface area (Å²) in [4.78, 5) is 29.1. The molecule has 0 spiro atoms. The fourth-order valence-electron chi connectivity index (χ4n) is 2.89. The van der Waals surface area contributed by atoms with Gasteiger partial charge in [0.2, 0.25) is 0 Å². The molecule has 126 valence electrons. The lowest BCUT2D eigenvalue weighted by Gasteiger charge is -2.15. The highest BCUT2D eigenvalue weighted by molar-refractivity contribution is 6.31. The zero-order valence-corrected chi connectivity index (χ0v) is 14.0. The molecule has 25 heavy (non-hydrogen) atoms. The fourth-order valence-corrected chi connectivity index (χ4v) is 3.07. The van der Waals surface area contributed by atoms with Crippen molar-refractivity contribution in [3.8, 4) is 0 Å². The van der Waals surface area contributed by atoms with Crippen LogP contribution in [0.1, 0.15) is 18.5 Å². The summed E-state index contributed by atoms with van der Waals surface area (Å²) in [5.41, 5.74) is 3.02. The summed E-state index contributed by atoms with van der Waals surface area (Å²) in [7, 11) is 0. The minimum Gasteiger partial charge on any atom is -0.408 e. The number of nitrogens with one attached hydrogen (secondary N) is 3. The van der Waals surface area contributed by atoms with E-state index in [0.29, 0.717) is 21.7 Å². The Hall–Kier alpha value is -2.99. The predicted octanol–water partition coefficient (Wildman–Crippen LogP) is 3.79. The molecule has 0 unspecified atom stereocenters. The summed E-state index contributed by atoms with van der Waals surface area (Å²) in [6.07, 6.45) is 0. The molecule has 1 atom stereocenters. The monoisotopic (exact) mass is 355 g/mol. The van der Waals surface area contributed by atoms with Gasteiger partial charge in [0, 0.05) is 27.2 Å². The molecule has 0 bridgehead atoms. The maximum absolute atomic E-state index is 12.4. The Kier molecular flexibility index (Phi) is 3.62. The van der Waals surface area contributed by atoms with E-state index in [1.165, 1.54) is 0 Å². The van der Waals surface area contributed by atoms with E-state index in [0.717, 1.165) is 16.6 Å². The summed E-state index contributed by atoms with van der Waals surface area (Å²) in [6, 6.07) is 12.2. The van der Waals surface area contributed by atoms with Gasteiger partial charge in [-0.05, 0) is 49.4 Å². The molecule has 0 aliphatic heterocycles. The van der Waals surface area contributed by atoms with Crippen LogP contribution in [-0.2, 0) is 0 Å². The van der Waals surface area contributed by atoms with Crippen LogP contribution in [0.4, 0.5) is 5.69 Å². The van der Waals surface area contributed by atoms with Crippen molar-refractivity contribution in [2.24, 2.45) is 0 Å². The number of benzene rings is 2. The lowest BCUT2D eigenvalue weighted by atomic mass is 10.1. The number of fused-ring (bicyclic) bond motifs is 2. The van der Waals surface area contributed by atoms with Crippen LogP contribution >= 0.6 is 11.6 Å². The second kappa shape index (κ2) is 5.82. The van der Waals surface area contributed by atoms with E-state index >= 15 is 0 Å². The Labute approximate surface area is 146 Å². The molecule has 4 aromatic rings. The molecular formula is C18H14ClN3O3. The van der Waals surface area contributed by atoms with Crippen molar-refractivity contribution in [3.05, 3.63) is 74.0 Å². The molecule has 0 aliphatic rings. The highest BCUT2D eigenvalue weighted by atomic mass is 35.5. The first kappa shape index (κ1) is 15.5. The molecule has 7 heteroatoms. The highest BCUT2D eigenvalue weighted by Crippen LogP contribution is 2.23. The first-order valence-electron chi connectivity index (χ1n) is 7.71. The van der Waals surface area contributed by atoms with Gasteiger partial charge in [0.1, 0.15) is 0 Å². The van der Waals surface area contributed by atoms with Gasteiger partial charge in [0.05, 0.1) is 11.6 Å². The van der Waals surface area contributed by atoms with Crippen LogP contribution in [0.3, 0.4) is 0 Å². The van der Waals surface area contributed by atoms with Gasteiger partial charge >= 0.3 is 5.76 Å². The van der Waals surface area contributed by atoms with E-state index < -0.39 is 5.76 Å². The second-order valence-corrected chi connectivity index (χ2v) is 6.31. The number of hydrogen-bond acceptors (Lipinski definition) is 4. The van der Waals surface area contributed by atoms with Crippen molar-refractivity contribution >= 4 is 39.3 Å². The van der Waals surface area contributed by atoms with Gasteiger partial charge in [-0.25, -0.2) is 4.79 Å². The predicted molar refractivity (Wildman–Crippen MR) is 98.5 cm³/mol. The van der Waals surface area contributed by atoms with Gasteiger partial charge < -0.3 is 14.7 Å². The van der Waals surface area contributed by atoms with E-state index in [4.69, 9.17) is 16.0 Å². The van der Waals surface area contributed by atoms with Crippen molar-refractivity contribution in [2.45, 2.75) is 13.0 Å². The minimum absolute atomic E-state index is 0.160. The second-order valence-electron chi connectivity index (χ2n) is 5.88. The zero-order valence-electron chi connectivity index (χ0n) is 13.2. The molecule has 0 radical (unpaired) electrons. The quantitative estimate of drug-likeness (QED) is 0.521. The standard InChI is InChI=1S/C18H14ClN3O3/c1-9(20-12-3-5-16-15(8-12)22-18(24)25-16)13-7-10-6-11(19)2-4-14(10)21-17(13)23/h2-9,20H,1H3,(H,21,23)(H,22,24)/t9-/m0/s1. The van der Waals surface area contributed by atoms with Crippen LogP contribution in [0, 0.1) is 0 Å². The van der Waals surface area contributed by atoms with Crippen LogP contribution in [0.5, 0.6) is 0 Å². The number of anilines is 1. The molecule has 2 heterocycles. The first-order valence-corrected chi connectivity index (χ1v) is 8.09. The molecule has 6 nitrogen and oxygen atoms in total. The number of oxazole rings is 1. The molecule has 3 N–H and O–H groups in total. The Morgan fingerprint density at radius 1 is 1.04 bits per heavy atom. The summed E-state index contributed by atoms with van der Waals surface area (Å²) >= 11 is 6.03. The van der Waals surface area contributed by atoms with E-state index in [1.54, 1.807) is 30.3 Å². The Bertz CT molecular complexity index is 1210. The third-order valence-electron chi connectivity index (χ3n) is 4.10. The van der Waals surface area contributed by atoms with Crippen LogP contribution in [0.2, 0.25) is 5.02 Å². The van der Waals surface area contributed by atoms with Crippen LogP contribution in [-0.4, -0.2) is 9.97 Å². The number of halogens is 1. The lowest BCUT2D eigenvalue weighted by Crippen LogP contribution is -2.19. The van der Waals surface area contributed by atoms with E-state index in [-0.39, 0.29) is 11.6 Å². The van der Waals surface area contributed by atoms with Crippen LogP contribution in [0.15, 0.2) is 56.5 Å².